The van der Waals surface area contributed by atoms with E-state index in [9.17, 15) is 9.18 Å². The molecular formula is C14H12ClFN2O. The summed E-state index contributed by atoms with van der Waals surface area (Å²) in [5.41, 5.74) is 1.10. The summed E-state index contributed by atoms with van der Waals surface area (Å²) in [4.78, 5) is 15.9. The van der Waals surface area contributed by atoms with Crippen molar-refractivity contribution in [1.29, 1.82) is 0 Å². The van der Waals surface area contributed by atoms with E-state index in [1.54, 1.807) is 18.2 Å². The van der Waals surface area contributed by atoms with Crippen LogP contribution in [0.3, 0.4) is 0 Å². The van der Waals surface area contributed by atoms with Crippen molar-refractivity contribution in [3.63, 3.8) is 0 Å². The number of carbonyl (C=O) groups is 1. The van der Waals surface area contributed by atoms with Crippen LogP contribution in [-0.4, -0.2) is 10.9 Å². The fraction of sp³-hybridized carbons (Fsp3) is 0.143. The summed E-state index contributed by atoms with van der Waals surface area (Å²) in [6, 6.07) is 9.55. The number of benzene rings is 1. The molecule has 19 heavy (non-hydrogen) atoms. The van der Waals surface area contributed by atoms with Crippen molar-refractivity contribution < 1.29 is 9.18 Å². The van der Waals surface area contributed by atoms with Gasteiger partial charge in [-0.2, -0.15) is 0 Å². The lowest BCUT2D eigenvalue weighted by atomic mass is 10.1. The smallest absolute Gasteiger partial charge is 0.230 e. The number of pyridine rings is 1. The zero-order valence-corrected chi connectivity index (χ0v) is 11.0. The van der Waals surface area contributed by atoms with Crippen molar-refractivity contribution in [2.24, 2.45) is 0 Å². The Morgan fingerprint density at radius 1 is 1.37 bits per heavy atom. The third-order valence-corrected chi connectivity index (χ3v) is 2.76. The van der Waals surface area contributed by atoms with E-state index in [1.807, 2.05) is 13.0 Å². The SMILES string of the molecule is Cc1cccc(NC(=O)Cc2ccc(Cl)cc2F)n1. The molecule has 5 heteroatoms. The summed E-state index contributed by atoms with van der Waals surface area (Å²) < 4.78 is 13.5. The molecule has 0 aliphatic heterocycles. The minimum absolute atomic E-state index is 0.0569. The highest BCUT2D eigenvalue weighted by Crippen LogP contribution is 2.15. The highest BCUT2D eigenvalue weighted by molar-refractivity contribution is 6.30. The van der Waals surface area contributed by atoms with Crippen LogP contribution in [-0.2, 0) is 11.2 Å². The van der Waals surface area contributed by atoms with Gasteiger partial charge in [-0.3, -0.25) is 4.79 Å². The second-order valence-corrected chi connectivity index (χ2v) is 4.56. The predicted octanol–water partition coefficient (Wildman–Crippen LogP) is 3.36. The Hall–Kier alpha value is -1.94. The average Bonchev–Trinajstić information content (AvgIpc) is 2.33. The van der Waals surface area contributed by atoms with Crippen LogP contribution in [0.4, 0.5) is 10.2 Å². The summed E-state index contributed by atoms with van der Waals surface area (Å²) in [7, 11) is 0. The number of hydrogen-bond acceptors (Lipinski definition) is 2. The molecule has 1 aromatic heterocycles. The van der Waals surface area contributed by atoms with Crippen LogP contribution in [0.5, 0.6) is 0 Å². The van der Waals surface area contributed by atoms with Crippen LogP contribution in [0.25, 0.3) is 0 Å². The first-order chi connectivity index (χ1) is 9.04. The van der Waals surface area contributed by atoms with Gasteiger partial charge in [-0.25, -0.2) is 9.37 Å². The van der Waals surface area contributed by atoms with E-state index in [-0.39, 0.29) is 12.3 Å². The summed E-state index contributed by atoms with van der Waals surface area (Å²) >= 11 is 5.65. The largest absolute Gasteiger partial charge is 0.310 e. The number of nitrogens with one attached hydrogen (secondary N) is 1. The fourth-order valence-electron chi connectivity index (χ4n) is 1.64. The molecule has 0 unspecified atom stereocenters. The van der Waals surface area contributed by atoms with Crippen LogP contribution < -0.4 is 5.32 Å². The van der Waals surface area contributed by atoms with Crippen LogP contribution in [0, 0.1) is 12.7 Å². The second kappa shape index (κ2) is 5.80. The van der Waals surface area contributed by atoms with Gasteiger partial charge in [-0.1, -0.05) is 23.7 Å². The molecule has 1 aromatic carbocycles. The lowest BCUT2D eigenvalue weighted by Gasteiger charge is -2.06. The maximum atomic E-state index is 13.5. The van der Waals surface area contributed by atoms with E-state index in [2.05, 4.69) is 10.3 Å². The molecule has 0 saturated carbocycles. The second-order valence-electron chi connectivity index (χ2n) is 4.12. The minimum Gasteiger partial charge on any atom is -0.310 e. The van der Waals surface area contributed by atoms with Crippen LogP contribution in [0.15, 0.2) is 36.4 Å². The number of rotatable bonds is 3. The predicted molar refractivity (Wildman–Crippen MR) is 72.7 cm³/mol. The topological polar surface area (TPSA) is 42.0 Å². The van der Waals surface area contributed by atoms with Crippen molar-refractivity contribution >= 4 is 23.3 Å². The number of hydrogen-bond donors (Lipinski definition) is 1. The number of amides is 1. The first-order valence-electron chi connectivity index (χ1n) is 5.72. The number of aryl methyl sites for hydroxylation is 1. The van der Waals surface area contributed by atoms with Crippen molar-refractivity contribution in [3.8, 4) is 0 Å². The van der Waals surface area contributed by atoms with Gasteiger partial charge in [0.05, 0.1) is 6.42 Å². The van der Waals surface area contributed by atoms with Crippen LogP contribution in [0.1, 0.15) is 11.3 Å². The minimum atomic E-state index is -0.486. The zero-order valence-electron chi connectivity index (χ0n) is 10.3. The number of anilines is 1. The molecule has 0 atom stereocenters. The van der Waals surface area contributed by atoms with Gasteiger partial charge in [0.25, 0.3) is 0 Å². The molecule has 0 aliphatic carbocycles. The van der Waals surface area contributed by atoms with E-state index < -0.39 is 5.82 Å². The van der Waals surface area contributed by atoms with E-state index >= 15 is 0 Å². The molecule has 1 heterocycles. The first-order valence-corrected chi connectivity index (χ1v) is 6.10. The molecule has 1 N–H and O–H groups in total. The van der Waals surface area contributed by atoms with Gasteiger partial charge in [0, 0.05) is 10.7 Å². The molecule has 0 aliphatic rings. The molecule has 0 bridgehead atoms. The Morgan fingerprint density at radius 2 is 2.16 bits per heavy atom. The molecule has 1 amide bonds. The number of aromatic nitrogens is 1. The molecule has 2 rings (SSSR count). The van der Waals surface area contributed by atoms with Crippen LogP contribution >= 0.6 is 11.6 Å². The van der Waals surface area contributed by atoms with Crippen LogP contribution in [0.2, 0.25) is 5.02 Å². The maximum Gasteiger partial charge on any atom is 0.230 e. The maximum absolute atomic E-state index is 13.5. The van der Waals surface area contributed by atoms with E-state index in [0.717, 1.165) is 5.69 Å². The molecule has 2 aromatic rings. The lowest BCUT2D eigenvalue weighted by Crippen LogP contribution is -2.16. The summed E-state index contributed by atoms with van der Waals surface area (Å²) in [5.74, 6) is -0.349. The summed E-state index contributed by atoms with van der Waals surface area (Å²) in [5, 5.41) is 2.93. The normalized spacial score (nSPS) is 10.3. The van der Waals surface area contributed by atoms with Crippen molar-refractivity contribution in [3.05, 3.63) is 58.5 Å². The Labute approximate surface area is 115 Å². The Kier molecular flexibility index (Phi) is 4.12. The van der Waals surface area contributed by atoms with E-state index in [4.69, 9.17) is 11.6 Å². The molecule has 0 spiro atoms. The summed E-state index contributed by atoms with van der Waals surface area (Å²) in [6.07, 6.45) is -0.0569. The van der Waals surface area contributed by atoms with E-state index in [0.29, 0.717) is 16.4 Å². The third-order valence-electron chi connectivity index (χ3n) is 2.52. The summed E-state index contributed by atoms with van der Waals surface area (Å²) in [6.45, 7) is 1.83. The first kappa shape index (κ1) is 13.5. The van der Waals surface area contributed by atoms with Gasteiger partial charge >= 0.3 is 0 Å². The van der Waals surface area contributed by atoms with Gasteiger partial charge in [0.15, 0.2) is 0 Å². The molecule has 3 nitrogen and oxygen atoms in total. The van der Waals surface area contributed by atoms with Gasteiger partial charge in [-0.15, -0.1) is 0 Å². The Balaban J connectivity index is 2.05. The third kappa shape index (κ3) is 3.76. The molecule has 0 saturated heterocycles. The standard InChI is InChI=1S/C14H12ClFN2O/c1-9-3-2-4-13(17-9)18-14(19)7-10-5-6-11(15)8-12(10)16/h2-6,8H,7H2,1H3,(H,17,18,19). The molecule has 98 valence electrons. The monoisotopic (exact) mass is 278 g/mol. The highest BCUT2D eigenvalue weighted by atomic mass is 35.5. The molecule has 0 radical (unpaired) electrons. The lowest BCUT2D eigenvalue weighted by molar-refractivity contribution is -0.115. The average molecular weight is 279 g/mol. The number of carbonyl (C=O) groups excluding carboxylic acids is 1. The van der Waals surface area contributed by atoms with E-state index in [1.165, 1.54) is 12.1 Å². The Morgan fingerprint density at radius 3 is 2.84 bits per heavy atom. The van der Waals surface area contributed by atoms with Gasteiger partial charge in [0.1, 0.15) is 11.6 Å². The van der Waals surface area contributed by atoms with Gasteiger partial charge in [-0.05, 0) is 36.8 Å². The molecule has 0 fully saturated rings. The van der Waals surface area contributed by atoms with Crippen molar-refractivity contribution in [1.82, 2.24) is 4.98 Å². The highest BCUT2D eigenvalue weighted by Gasteiger charge is 2.09. The van der Waals surface area contributed by atoms with Crippen molar-refractivity contribution in [2.45, 2.75) is 13.3 Å². The number of nitrogens with zero attached hydrogens (tertiary/aromatic N) is 1. The van der Waals surface area contributed by atoms with Gasteiger partial charge < -0.3 is 5.32 Å². The van der Waals surface area contributed by atoms with Crippen molar-refractivity contribution in [2.75, 3.05) is 5.32 Å². The number of halogens is 2. The quantitative estimate of drug-likeness (QED) is 0.935. The molecular weight excluding hydrogens is 267 g/mol. The fourth-order valence-corrected chi connectivity index (χ4v) is 1.80. The Bertz CT molecular complexity index is 616. The van der Waals surface area contributed by atoms with Gasteiger partial charge in [0.2, 0.25) is 5.91 Å². The zero-order chi connectivity index (χ0) is 13.8.